The Balaban J connectivity index is 2.25. The van der Waals surface area contributed by atoms with E-state index in [0.29, 0.717) is 5.69 Å². The zero-order valence-electron chi connectivity index (χ0n) is 12.4. The van der Waals surface area contributed by atoms with Crippen molar-refractivity contribution >= 4 is 23.6 Å². The fourth-order valence-corrected chi connectivity index (χ4v) is 1.98. The van der Waals surface area contributed by atoms with Crippen LogP contribution in [0, 0.1) is 18.3 Å². The highest BCUT2D eigenvalue weighted by atomic mass is 16.4. The molecule has 0 saturated heterocycles. The normalized spacial score (nSPS) is 10.7. The molecule has 2 aromatic carbocycles. The van der Waals surface area contributed by atoms with Crippen molar-refractivity contribution in [1.29, 1.82) is 5.26 Å². The van der Waals surface area contributed by atoms with Gasteiger partial charge in [0.1, 0.15) is 11.6 Å². The van der Waals surface area contributed by atoms with Gasteiger partial charge in [0.15, 0.2) is 0 Å². The van der Waals surface area contributed by atoms with Gasteiger partial charge >= 0.3 is 5.97 Å². The Morgan fingerprint density at radius 2 is 1.91 bits per heavy atom. The number of benzene rings is 2. The van der Waals surface area contributed by atoms with E-state index in [1.54, 1.807) is 6.07 Å². The summed E-state index contributed by atoms with van der Waals surface area (Å²) < 4.78 is 0. The molecule has 0 bridgehead atoms. The van der Waals surface area contributed by atoms with Gasteiger partial charge in [0.25, 0.3) is 5.91 Å². The van der Waals surface area contributed by atoms with Gasteiger partial charge in [0.2, 0.25) is 0 Å². The number of anilines is 1. The van der Waals surface area contributed by atoms with Crippen molar-refractivity contribution in [2.45, 2.75) is 6.92 Å². The van der Waals surface area contributed by atoms with Crippen molar-refractivity contribution < 1.29 is 14.7 Å². The SMILES string of the molecule is Cc1ccccc1/C=C(/C#N)C(=O)Nc1cccc(C(=O)O)c1. The van der Waals surface area contributed by atoms with Gasteiger partial charge in [0, 0.05) is 5.69 Å². The quantitative estimate of drug-likeness (QED) is 0.670. The number of aryl methyl sites for hydroxylation is 1. The lowest BCUT2D eigenvalue weighted by molar-refractivity contribution is -0.112. The van der Waals surface area contributed by atoms with E-state index in [2.05, 4.69) is 5.32 Å². The number of carbonyl (C=O) groups is 2. The van der Waals surface area contributed by atoms with Crippen LogP contribution < -0.4 is 5.32 Å². The standard InChI is InChI=1S/C18H14N2O3/c1-12-5-2-3-6-13(12)9-15(11-19)17(21)20-16-8-4-7-14(10-16)18(22)23/h2-10H,1H3,(H,20,21)(H,22,23)/b15-9-. The summed E-state index contributed by atoms with van der Waals surface area (Å²) >= 11 is 0. The first-order chi connectivity index (χ1) is 11.0. The molecule has 0 radical (unpaired) electrons. The number of nitriles is 1. The topological polar surface area (TPSA) is 90.2 Å². The number of hydrogen-bond donors (Lipinski definition) is 2. The molecule has 1 amide bonds. The Kier molecular flexibility index (Phi) is 4.90. The van der Waals surface area contributed by atoms with Gasteiger partial charge < -0.3 is 10.4 Å². The summed E-state index contributed by atoms with van der Waals surface area (Å²) in [4.78, 5) is 23.1. The molecule has 0 unspecified atom stereocenters. The Morgan fingerprint density at radius 3 is 2.57 bits per heavy atom. The summed E-state index contributed by atoms with van der Waals surface area (Å²) in [6, 6.07) is 15.1. The van der Waals surface area contributed by atoms with Crippen LogP contribution in [0.2, 0.25) is 0 Å². The van der Waals surface area contributed by atoms with Gasteiger partial charge in [-0.1, -0.05) is 30.3 Å². The van der Waals surface area contributed by atoms with Crippen LogP contribution in [-0.2, 0) is 4.79 Å². The first-order valence-electron chi connectivity index (χ1n) is 6.83. The van der Waals surface area contributed by atoms with Crippen LogP contribution in [0.3, 0.4) is 0 Å². The average molecular weight is 306 g/mol. The van der Waals surface area contributed by atoms with Crippen molar-refractivity contribution in [3.8, 4) is 6.07 Å². The minimum Gasteiger partial charge on any atom is -0.478 e. The Bertz CT molecular complexity index is 832. The average Bonchev–Trinajstić information content (AvgIpc) is 2.54. The third-order valence-electron chi connectivity index (χ3n) is 3.22. The van der Waals surface area contributed by atoms with Gasteiger partial charge in [-0.3, -0.25) is 4.79 Å². The molecule has 114 valence electrons. The molecule has 0 heterocycles. The van der Waals surface area contributed by atoms with E-state index in [4.69, 9.17) is 5.11 Å². The van der Waals surface area contributed by atoms with Crippen LogP contribution in [0.5, 0.6) is 0 Å². The third kappa shape index (κ3) is 4.05. The number of rotatable bonds is 4. The van der Waals surface area contributed by atoms with Gasteiger partial charge in [0.05, 0.1) is 5.56 Å². The molecule has 0 atom stereocenters. The van der Waals surface area contributed by atoms with Gasteiger partial charge in [-0.25, -0.2) is 4.79 Å². The summed E-state index contributed by atoms with van der Waals surface area (Å²) in [5.41, 5.74) is 2.05. The molecule has 0 fully saturated rings. The minimum absolute atomic E-state index is 0.0555. The number of carbonyl (C=O) groups excluding carboxylic acids is 1. The Labute approximate surface area is 133 Å². The van der Waals surface area contributed by atoms with Crippen LogP contribution in [0.15, 0.2) is 54.1 Å². The maximum absolute atomic E-state index is 12.2. The number of hydrogen-bond acceptors (Lipinski definition) is 3. The predicted octanol–water partition coefficient (Wildman–Crippen LogP) is 3.24. The molecule has 5 heteroatoms. The number of nitrogens with zero attached hydrogens (tertiary/aromatic N) is 1. The summed E-state index contributed by atoms with van der Waals surface area (Å²) in [5.74, 6) is -1.67. The molecule has 0 spiro atoms. The van der Waals surface area contributed by atoms with Crippen LogP contribution in [0.25, 0.3) is 6.08 Å². The number of nitrogens with one attached hydrogen (secondary N) is 1. The first-order valence-corrected chi connectivity index (χ1v) is 6.83. The molecule has 5 nitrogen and oxygen atoms in total. The predicted molar refractivity (Wildman–Crippen MR) is 86.8 cm³/mol. The van der Waals surface area contributed by atoms with Crippen LogP contribution in [0.1, 0.15) is 21.5 Å². The number of carboxylic acids is 1. The summed E-state index contributed by atoms with van der Waals surface area (Å²) in [5, 5.41) is 20.7. The molecule has 2 aromatic rings. The molecule has 23 heavy (non-hydrogen) atoms. The van der Waals surface area contributed by atoms with Crippen molar-refractivity contribution in [3.63, 3.8) is 0 Å². The highest BCUT2D eigenvalue weighted by Gasteiger charge is 2.11. The second-order valence-corrected chi connectivity index (χ2v) is 4.87. The van der Waals surface area contributed by atoms with Crippen LogP contribution in [-0.4, -0.2) is 17.0 Å². The van der Waals surface area contributed by atoms with Gasteiger partial charge in [-0.15, -0.1) is 0 Å². The van der Waals surface area contributed by atoms with E-state index >= 15 is 0 Å². The molecule has 0 aromatic heterocycles. The molecule has 0 aliphatic heterocycles. The number of carboxylic acid groups (broad SMARTS) is 1. The van der Waals surface area contributed by atoms with Crippen LogP contribution >= 0.6 is 0 Å². The lowest BCUT2D eigenvalue weighted by Gasteiger charge is -2.06. The van der Waals surface area contributed by atoms with E-state index in [0.717, 1.165) is 11.1 Å². The molecule has 2 N–H and O–H groups in total. The first kappa shape index (κ1) is 16.0. The smallest absolute Gasteiger partial charge is 0.335 e. The zero-order valence-corrected chi connectivity index (χ0v) is 12.4. The molecule has 0 aliphatic carbocycles. The highest BCUT2D eigenvalue weighted by molar-refractivity contribution is 6.10. The summed E-state index contributed by atoms with van der Waals surface area (Å²) in [7, 11) is 0. The highest BCUT2D eigenvalue weighted by Crippen LogP contribution is 2.15. The fraction of sp³-hybridized carbons (Fsp3) is 0.0556. The largest absolute Gasteiger partial charge is 0.478 e. The molecule has 2 rings (SSSR count). The van der Waals surface area contributed by atoms with Gasteiger partial charge in [-0.05, 0) is 42.3 Å². The fourth-order valence-electron chi connectivity index (χ4n) is 1.98. The van der Waals surface area contributed by atoms with E-state index in [1.165, 1.54) is 24.3 Å². The Morgan fingerprint density at radius 1 is 1.17 bits per heavy atom. The van der Waals surface area contributed by atoms with Crippen molar-refractivity contribution in [2.75, 3.05) is 5.32 Å². The molecular weight excluding hydrogens is 292 g/mol. The summed E-state index contributed by atoms with van der Waals surface area (Å²) in [6.45, 7) is 1.88. The lowest BCUT2D eigenvalue weighted by Crippen LogP contribution is -2.14. The minimum atomic E-state index is -1.09. The van der Waals surface area contributed by atoms with Crippen LogP contribution in [0.4, 0.5) is 5.69 Å². The molecular formula is C18H14N2O3. The van der Waals surface area contributed by atoms with E-state index in [9.17, 15) is 14.9 Å². The van der Waals surface area contributed by atoms with E-state index in [-0.39, 0.29) is 11.1 Å². The van der Waals surface area contributed by atoms with Crippen molar-refractivity contribution in [3.05, 3.63) is 70.8 Å². The second kappa shape index (κ2) is 7.05. The monoisotopic (exact) mass is 306 g/mol. The zero-order chi connectivity index (χ0) is 16.8. The van der Waals surface area contributed by atoms with E-state index < -0.39 is 11.9 Å². The second-order valence-electron chi connectivity index (χ2n) is 4.87. The van der Waals surface area contributed by atoms with Crippen molar-refractivity contribution in [2.24, 2.45) is 0 Å². The van der Waals surface area contributed by atoms with E-state index in [1.807, 2.05) is 37.3 Å². The lowest BCUT2D eigenvalue weighted by atomic mass is 10.1. The molecule has 0 aliphatic rings. The van der Waals surface area contributed by atoms with Gasteiger partial charge in [-0.2, -0.15) is 5.26 Å². The number of amides is 1. The summed E-state index contributed by atoms with van der Waals surface area (Å²) in [6.07, 6.45) is 1.51. The number of aromatic carboxylic acids is 1. The molecule has 0 saturated carbocycles. The van der Waals surface area contributed by atoms with Crippen molar-refractivity contribution in [1.82, 2.24) is 0 Å². The maximum atomic E-state index is 12.2. The third-order valence-corrected chi connectivity index (χ3v) is 3.22. The Hall–Kier alpha value is -3.39. The maximum Gasteiger partial charge on any atom is 0.335 e.